The first kappa shape index (κ1) is 15.9. The molecule has 0 aliphatic carbocycles. The lowest BCUT2D eigenvalue weighted by Gasteiger charge is -2.12. The summed E-state index contributed by atoms with van der Waals surface area (Å²) in [6, 6.07) is 8.15. The van der Waals surface area contributed by atoms with Crippen LogP contribution in [0.4, 0.5) is 0 Å². The molecule has 0 radical (unpaired) electrons. The average molecular weight is 306 g/mol. The fourth-order valence-corrected chi connectivity index (χ4v) is 2.77. The van der Waals surface area contributed by atoms with E-state index < -0.39 is 0 Å². The first-order valence-electron chi connectivity index (χ1n) is 7.10. The summed E-state index contributed by atoms with van der Waals surface area (Å²) in [5.74, 6) is 0.949. The molecule has 1 heterocycles. The number of rotatable bonds is 9. The van der Waals surface area contributed by atoms with Gasteiger partial charge in [-0.15, -0.1) is 11.3 Å². The highest BCUT2D eigenvalue weighted by Gasteiger charge is 2.05. The molecule has 1 aromatic heterocycles. The van der Waals surface area contributed by atoms with Crippen LogP contribution < -0.4 is 10.1 Å². The van der Waals surface area contributed by atoms with Gasteiger partial charge in [0.2, 0.25) is 0 Å². The fourth-order valence-electron chi connectivity index (χ4n) is 2.01. The Kier molecular flexibility index (Phi) is 6.66. The summed E-state index contributed by atoms with van der Waals surface area (Å²) in [4.78, 5) is 5.56. The maximum Gasteiger partial charge on any atom is 0.123 e. The van der Waals surface area contributed by atoms with Gasteiger partial charge in [0, 0.05) is 37.1 Å². The lowest BCUT2D eigenvalue weighted by molar-refractivity contribution is 0.199. The van der Waals surface area contributed by atoms with E-state index in [0.29, 0.717) is 13.2 Å². The van der Waals surface area contributed by atoms with Crippen LogP contribution in [0.15, 0.2) is 29.8 Å². The van der Waals surface area contributed by atoms with E-state index in [1.165, 1.54) is 10.4 Å². The molecular formula is C16H22N2O2S. The van der Waals surface area contributed by atoms with Gasteiger partial charge in [-0.3, -0.25) is 0 Å². The van der Waals surface area contributed by atoms with Crippen molar-refractivity contribution in [3.63, 3.8) is 0 Å². The van der Waals surface area contributed by atoms with Crippen LogP contribution in [0.1, 0.15) is 16.1 Å². The zero-order valence-electron chi connectivity index (χ0n) is 12.6. The number of aryl methyl sites for hydroxylation is 1. The second-order valence-corrected chi connectivity index (χ2v) is 5.68. The van der Waals surface area contributed by atoms with E-state index in [0.717, 1.165) is 31.0 Å². The van der Waals surface area contributed by atoms with Gasteiger partial charge in [-0.2, -0.15) is 0 Å². The summed E-state index contributed by atoms with van der Waals surface area (Å²) in [5.41, 5.74) is 4.17. The van der Waals surface area contributed by atoms with Gasteiger partial charge in [0.25, 0.3) is 0 Å². The van der Waals surface area contributed by atoms with Crippen molar-refractivity contribution in [3.05, 3.63) is 45.9 Å². The lowest BCUT2D eigenvalue weighted by atomic mass is 10.2. The number of nitrogens with one attached hydrogen (secondary N) is 1. The van der Waals surface area contributed by atoms with Crippen LogP contribution in [-0.4, -0.2) is 31.9 Å². The summed E-state index contributed by atoms with van der Waals surface area (Å²) < 4.78 is 11.0. The highest BCUT2D eigenvalue weighted by Crippen LogP contribution is 2.19. The Labute approximate surface area is 130 Å². The van der Waals surface area contributed by atoms with Gasteiger partial charge in [-0.05, 0) is 13.0 Å². The lowest BCUT2D eigenvalue weighted by Crippen LogP contribution is -2.19. The molecular weight excluding hydrogens is 284 g/mol. The van der Waals surface area contributed by atoms with Crippen molar-refractivity contribution in [3.8, 4) is 5.75 Å². The highest BCUT2D eigenvalue weighted by molar-refractivity contribution is 7.09. The van der Waals surface area contributed by atoms with Crippen LogP contribution >= 0.6 is 11.3 Å². The Balaban J connectivity index is 1.83. The van der Waals surface area contributed by atoms with Gasteiger partial charge in [0.05, 0.1) is 24.4 Å². The van der Waals surface area contributed by atoms with Crippen molar-refractivity contribution in [2.75, 3.05) is 26.9 Å². The molecule has 0 saturated heterocycles. The third-order valence-electron chi connectivity index (χ3n) is 3.20. The van der Waals surface area contributed by atoms with Gasteiger partial charge < -0.3 is 14.8 Å². The van der Waals surface area contributed by atoms with Crippen molar-refractivity contribution in [2.45, 2.75) is 19.9 Å². The zero-order chi connectivity index (χ0) is 14.9. The number of benzene rings is 1. The molecule has 5 heteroatoms. The van der Waals surface area contributed by atoms with Crippen LogP contribution in [0.2, 0.25) is 0 Å². The maximum absolute atomic E-state index is 5.93. The van der Waals surface area contributed by atoms with E-state index in [4.69, 9.17) is 9.47 Å². The van der Waals surface area contributed by atoms with Gasteiger partial charge in [-0.1, -0.05) is 18.2 Å². The number of aromatic nitrogens is 1. The van der Waals surface area contributed by atoms with Crippen LogP contribution in [0.25, 0.3) is 0 Å². The van der Waals surface area contributed by atoms with Crippen LogP contribution in [-0.2, 0) is 17.7 Å². The first-order valence-corrected chi connectivity index (χ1v) is 7.98. The van der Waals surface area contributed by atoms with Crippen LogP contribution in [0.5, 0.6) is 5.75 Å². The molecule has 114 valence electrons. The Bertz CT molecular complexity index is 543. The van der Waals surface area contributed by atoms with Crippen molar-refractivity contribution in [1.82, 2.24) is 10.3 Å². The standard InChI is InChI=1S/C16H22N2O2S/c1-13-16(21-12-18-13)7-9-20-15-6-4-3-5-14(15)11-17-8-10-19-2/h3-6,12,17H,7-11H2,1-2H3. The highest BCUT2D eigenvalue weighted by atomic mass is 32.1. The van der Waals surface area contributed by atoms with Crippen molar-refractivity contribution in [1.29, 1.82) is 0 Å². The minimum absolute atomic E-state index is 0.679. The molecule has 0 atom stereocenters. The largest absolute Gasteiger partial charge is 0.493 e. The minimum atomic E-state index is 0.679. The Hall–Kier alpha value is -1.43. The van der Waals surface area contributed by atoms with Crippen LogP contribution in [0, 0.1) is 6.92 Å². The molecule has 2 aromatic rings. The minimum Gasteiger partial charge on any atom is -0.493 e. The smallest absolute Gasteiger partial charge is 0.123 e. The summed E-state index contributed by atoms with van der Waals surface area (Å²) in [6.45, 7) is 5.06. The zero-order valence-corrected chi connectivity index (χ0v) is 13.4. The topological polar surface area (TPSA) is 43.4 Å². The summed E-state index contributed by atoms with van der Waals surface area (Å²) >= 11 is 1.69. The quantitative estimate of drug-likeness (QED) is 0.724. The number of nitrogens with zero attached hydrogens (tertiary/aromatic N) is 1. The normalized spacial score (nSPS) is 10.8. The van der Waals surface area contributed by atoms with Crippen molar-refractivity contribution < 1.29 is 9.47 Å². The molecule has 0 unspecified atom stereocenters. The monoisotopic (exact) mass is 306 g/mol. The predicted molar refractivity (Wildman–Crippen MR) is 86.1 cm³/mol. The van der Waals surface area contributed by atoms with Gasteiger partial charge >= 0.3 is 0 Å². The predicted octanol–water partition coefficient (Wildman–Crippen LogP) is 2.81. The van der Waals surface area contributed by atoms with E-state index in [-0.39, 0.29) is 0 Å². The maximum atomic E-state index is 5.93. The van der Waals surface area contributed by atoms with Gasteiger partial charge in [0.1, 0.15) is 5.75 Å². The number of hydrogen-bond acceptors (Lipinski definition) is 5. The third kappa shape index (κ3) is 5.12. The number of para-hydroxylation sites is 1. The molecule has 0 aliphatic heterocycles. The molecule has 0 amide bonds. The number of thiazole rings is 1. The number of methoxy groups -OCH3 is 1. The molecule has 1 aromatic carbocycles. The third-order valence-corrected chi connectivity index (χ3v) is 4.20. The molecule has 0 saturated carbocycles. The Morgan fingerprint density at radius 1 is 1.24 bits per heavy atom. The fraction of sp³-hybridized carbons (Fsp3) is 0.438. The average Bonchev–Trinajstić information content (AvgIpc) is 2.90. The van der Waals surface area contributed by atoms with E-state index in [1.54, 1.807) is 18.4 Å². The first-order chi connectivity index (χ1) is 10.3. The van der Waals surface area contributed by atoms with Gasteiger partial charge in [0.15, 0.2) is 0 Å². The molecule has 0 bridgehead atoms. The SMILES string of the molecule is COCCNCc1ccccc1OCCc1scnc1C. The molecule has 4 nitrogen and oxygen atoms in total. The molecule has 0 fully saturated rings. The van der Waals surface area contributed by atoms with Gasteiger partial charge in [-0.25, -0.2) is 4.98 Å². The Morgan fingerprint density at radius 3 is 2.86 bits per heavy atom. The molecule has 0 spiro atoms. The molecule has 21 heavy (non-hydrogen) atoms. The molecule has 2 rings (SSSR count). The van der Waals surface area contributed by atoms with Crippen LogP contribution in [0.3, 0.4) is 0 Å². The van der Waals surface area contributed by atoms with E-state index in [1.807, 2.05) is 30.6 Å². The number of hydrogen-bond donors (Lipinski definition) is 1. The summed E-state index contributed by atoms with van der Waals surface area (Å²) in [6.07, 6.45) is 0.905. The molecule has 1 N–H and O–H groups in total. The molecule has 0 aliphatic rings. The Morgan fingerprint density at radius 2 is 2.10 bits per heavy atom. The second kappa shape index (κ2) is 8.77. The van der Waals surface area contributed by atoms with E-state index in [9.17, 15) is 0 Å². The van der Waals surface area contributed by atoms with E-state index >= 15 is 0 Å². The number of ether oxygens (including phenoxy) is 2. The second-order valence-electron chi connectivity index (χ2n) is 4.74. The summed E-state index contributed by atoms with van der Waals surface area (Å²) in [5, 5.41) is 3.34. The summed E-state index contributed by atoms with van der Waals surface area (Å²) in [7, 11) is 1.71. The van der Waals surface area contributed by atoms with Crippen molar-refractivity contribution >= 4 is 11.3 Å². The van der Waals surface area contributed by atoms with E-state index in [2.05, 4.69) is 16.4 Å². The van der Waals surface area contributed by atoms with Crippen molar-refractivity contribution in [2.24, 2.45) is 0 Å².